The van der Waals surface area contributed by atoms with Gasteiger partial charge in [-0.25, -0.2) is 13.6 Å². The van der Waals surface area contributed by atoms with Crippen molar-refractivity contribution in [2.75, 3.05) is 13.2 Å². The first-order chi connectivity index (χ1) is 9.75. The van der Waals surface area contributed by atoms with Gasteiger partial charge in [0.15, 0.2) is 6.61 Å². The van der Waals surface area contributed by atoms with Gasteiger partial charge in [-0.15, -0.1) is 0 Å². The number of ether oxygens (including phenoxy) is 1. The molecule has 0 aliphatic carbocycles. The van der Waals surface area contributed by atoms with Gasteiger partial charge in [0, 0.05) is 6.54 Å². The standard InChI is InChI=1S/C14H22N2O4S/c1-4-5-6-16-14(17)9-20-12-7-11(3)13(8-10(12)2)21(15,18)19/h7-8H,4-6,9H2,1-3H3,(H,16,17)(H2,15,18,19). The van der Waals surface area contributed by atoms with E-state index in [1.807, 2.05) is 6.92 Å². The number of amides is 1. The van der Waals surface area contributed by atoms with Gasteiger partial charge in [0.2, 0.25) is 10.0 Å². The summed E-state index contributed by atoms with van der Waals surface area (Å²) in [5.74, 6) is 0.279. The highest BCUT2D eigenvalue weighted by Gasteiger charge is 2.15. The zero-order valence-corrected chi connectivity index (χ0v) is 13.4. The third kappa shape index (κ3) is 5.35. The van der Waals surface area contributed by atoms with Crippen LogP contribution in [-0.4, -0.2) is 27.5 Å². The van der Waals surface area contributed by atoms with Gasteiger partial charge in [-0.05, 0) is 43.5 Å². The Morgan fingerprint density at radius 2 is 1.95 bits per heavy atom. The van der Waals surface area contributed by atoms with Crippen molar-refractivity contribution < 1.29 is 17.9 Å². The molecule has 118 valence electrons. The molecule has 0 saturated carbocycles. The van der Waals surface area contributed by atoms with Crippen molar-refractivity contribution in [2.24, 2.45) is 5.14 Å². The van der Waals surface area contributed by atoms with Crippen molar-refractivity contribution in [1.29, 1.82) is 0 Å². The van der Waals surface area contributed by atoms with E-state index in [1.165, 1.54) is 6.07 Å². The number of carbonyl (C=O) groups excluding carboxylic acids is 1. The molecule has 0 unspecified atom stereocenters. The summed E-state index contributed by atoms with van der Waals surface area (Å²) in [5.41, 5.74) is 1.11. The van der Waals surface area contributed by atoms with E-state index >= 15 is 0 Å². The number of hydrogen-bond donors (Lipinski definition) is 2. The molecule has 0 atom stereocenters. The highest BCUT2D eigenvalue weighted by atomic mass is 32.2. The van der Waals surface area contributed by atoms with Gasteiger partial charge in [0.05, 0.1) is 4.90 Å². The third-order valence-electron chi connectivity index (χ3n) is 2.99. The summed E-state index contributed by atoms with van der Waals surface area (Å²) in [7, 11) is -3.75. The van der Waals surface area contributed by atoms with E-state index in [0.717, 1.165) is 12.8 Å². The second kappa shape index (κ2) is 7.42. The van der Waals surface area contributed by atoms with Crippen LogP contribution >= 0.6 is 0 Å². The van der Waals surface area contributed by atoms with E-state index in [-0.39, 0.29) is 17.4 Å². The van der Waals surface area contributed by atoms with Crippen molar-refractivity contribution in [2.45, 2.75) is 38.5 Å². The summed E-state index contributed by atoms with van der Waals surface area (Å²) in [5, 5.41) is 7.88. The lowest BCUT2D eigenvalue weighted by Gasteiger charge is -2.12. The number of rotatable bonds is 7. The molecule has 3 N–H and O–H groups in total. The Morgan fingerprint density at radius 1 is 1.29 bits per heavy atom. The molecule has 7 heteroatoms. The number of nitrogens with one attached hydrogen (secondary N) is 1. The van der Waals surface area contributed by atoms with E-state index in [4.69, 9.17) is 9.88 Å². The summed E-state index contributed by atoms with van der Waals surface area (Å²) in [6, 6.07) is 3.03. The molecular weight excluding hydrogens is 292 g/mol. The minimum absolute atomic E-state index is 0.0692. The molecule has 0 saturated heterocycles. The fourth-order valence-corrected chi connectivity index (χ4v) is 2.67. The lowest BCUT2D eigenvalue weighted by molar-refractivity contribution is -0.123. The molecule has 0 bridgehead atoms. The van der Waals surface area contributed by atoms with Gasteiger partial charge >= 0.3 is 0 Å². The number of nitrogens with two attached hydrogens (primary N) is 1. The Hall–Kier alpha value is -1.60. The van der Waals surface area contributed by atoms with Crippen molar-refractivity contribution >= 4 is 15.9 Å². The van der Waals surface area contributed by atoms with Crippen LogP contribution in [0.4, 0.5) is 0 Å². The molecule has 1 aromatic rings. The fraction of sp³-hybridized carbons (Fsp3) is 0.500. The quantitative estimate of drug-likeness (QED) is 0.740. The van der Waals surface area contributed by atoms with Crippen LogP contribution in [0, 0.1) is 13.8 Å². The molecule has 6 nitrogen and oxygen atoms in total. The first-order valence-corrected chi connectivity index (χ1v) is 8.34. The predicted octanol–water partition coefficient (Wildman–Crippen LogP) is 1.25. The van der Waals surface area contributed by atoms with Crippen LogP contribution < -0.4 is 15.2 Å². The number of aryl methyl sites for hydroxylation is 2. The second-order valence-electron chi connectivity index (χ2n) is 4.92. The van der Waals surface area contributed by atoms with Gasteiger partial charge in [0.25, 0.3) is 5.91 Å². The number of sulfonamides is 1. The number of carbonyl (C=O) groups is 1. The Bertz CT molecular complexity index is 612. The zero-order valence-electron chi connectivity index (χ0n) is 12.6. The van der Waals surface area contributed by atoms with Gasteiger partial charge in [0.1, 0.15) is 5.75 Å². The molecule has 0 aliphatic heterocycles. The minimum atomic E-state index is -3.75. The van der Waals surface area contributed by atoms with Crippen molar-refractivity contribution in [3.8, 4) is 5.75 Å². The summed E-state index contributed by atoms with van der Waals surface area (Å²) >= 11 is 0. The van der Waals surface area contributed by atoms with E-state index in [2.05, 4.69) is 5.32 Å². The highest BCUT2D eigenvalue weighted by Crippen LogP contribution is 2.25. The molecule has 0 aromatic heterocycles. The summed E-state index contributed by atoms with van der Waals surface area (Å²) in [6.07, 6.45) is 1.93. The average Bonchev–Trinajstić information content (AvgIpc) is 2.38. The van der Waals surface area contributed by atoms with Crippen LogP contribution in [0.5, 0.6) is 5.75 Å². The van der Waals surface area contributed by atoms with Crippen LogP contribution in [0.3, 0.4) is 0 Å². The monoisotopic (exact) mass is 314 g/mol. The Balaban J connectivity index is 2.73. The SMILES string of the molecule is CCCCNC(=O)COc1cc(C)c(S(N)(=O)=O)cc1C. The Morgan fingerprint density at radius 3 is 2.52 bits per heavy atom. The zero-order chi connectivity index (χ0) is 16.0. The number of unbranched alkanes of at least 4 members (excludes halogenated alkanes) is 1. The van der Waals surface area contributed by atoms with Crippen LogP contribution in [0.1, 0.15) is 30.9 Å². The minimum Gasteiger partial charge on any atom is -0.483 e. The largest absolute Gasteiger partial charge is 0.483 e. The molecular formula is C14H22N2O4S. The van der Waals surface area contributed by atoms with Crippen LogP contribution in [-0.2, 0) is 14.8 Å². The lowest BCUT2D eigenvalue weighted by atomic mass is 10.1. The molecule has 0 fully saturated rings. The van der Waals surface area contributed by atoms with Gasteiger partial charge in [-0.2, -0.15) is 0 Å². The summed E-state index contributed by atoms with van der Waals surface area (Å²) in [6.45, 7) is 5.91. The number of primary sulfonamides is 1. The van der Waals surface area contributed by atoms with Crippen molar-refractivity contribution in [1.82, 2.24) is 5.32 Å². The normalized spacial score (nSPS) is 11.2. The van der Waals surface area contributed by atoms with Crippen molar-refractivity contribution in [3.05, 3.63) is 23.3 Å². The van der Waals surface area contributed by atoms with Gasteiger partial charge < -0.3 is 10.1 Å². The lowest BCUT2D eigenvalue weighted by Crippen LogP contribution is -2.29. The average molecular weight is 314 g/mol. The number of benzene rings is 1. The van der Waals surface area contributed by atoms with E-state index < -0.39 is 10.0 Å². The van der Waals surface area contributed by atoms with Crippen LogP contribution in [0.2, 0.25) is 0 Å². The van der Waals surface area contributed by atoms with Crippen molar-refractivity contribution in [3.63, 3.8) is 0 Å². The molecule has 1 rings (SSSR count). The third-order valence-corrected chi connectivity index (χ3v) is 4.04. The van der Waals surface area contributed by atoms with Gasteiger partial charge in [-0.1, -0.05) is 13.3 Å². The van der Waals surface area contributed by atoms with E-state index in [9.17, 15) is 13.2 Å². The first kappa shape index (κ1) is 17.5. The van der Waals surface area contributed by atoms with E-state index in [1.54, 1.807) is 19.9 Å². The molecule has 1 aromatic carbocycles. The van der Waals surface area contributed by atoms with E-state index in [0.29, 0.717) is 23.4 Å². The number of hydrogen-bond acceptors (Lipinski definition) is 4. The maximum Gasteiger partial charge on any atom is 0.257 e. The highest BCUT2D eigenvalue weighted by molar-refractivity contribution is 7.89. The molecule has 21 heavy (non-hydrogen) atoms. The van der Waals surface area contributed by atoms with Crippen LogP contribution in [0.15, 0.2) is 17.0 Å². The Kier molecular flexibility index (Phi) is 6.17. The smallest absolute Gasteiger partial charge is 0.257 e. The van der Waals surface area contributed by atoms with Crippen LogP contribution in [0.25, 0.3) is 0 Å². The maximum absolute atomic E-state index is 11.6. The molecule has 0 heterocycles. The van der Waals surface area contributed by atoms with Gasteiger partial charge in [-0.3, -0.25) is 4.79 Å². The summed E-state index contributed by atoms with van der Waals surface area (Å²) < 4.78 is 28.2. The molecule has 1 amide bonds. The fourth-order valence-electron chi connectivity index (χ4n) is 1.82. The second-order valence-corrected chi connectivity index (χ2v) is 6.45. The topological polar surface area (TPSA) is 98.5 Å². The Labute approximate surface area is 125 Å². The first-order valence-electron chi connectivity index (χ1n) is 6.79. The molecule has 0 spiro atoms. The summed E-state index contributed by atoms with van der Waals surface area (Å²) in [4.78, 5) is 11.6. The molecule has 0 aliphatic rings. The molecule has 0 radical (unpaired) electrons. The predicted molar refractivity (Wildman–Crippen MR) is 80.7 cm³/mol. The maximum atomic E-state index is 11.6.